The molecule has 2 aromatic heterocycles. The van der Waals surface area contributed by atoms with Crippen LogP contribution in [-0.2, 0) is 6.54 Å². The number of methoxy groups -OCH3 is 1. The van der Waals surface area contributed by atoms with E-state index in [1.807, 2.05) is 50.2 Å². The van der Waals surface area contributed by atoms with Gasteiger partial charge in [-0.15, -0.1) is 11.3 Å². The molecule has 0 atom stereocenters. The van der Waals surface area contributed by atoms with Gasteiger partial charge in [0.05, 0.1) is 25.1 Å². The molecule has 0 unspecified atom stereocenters. The van der Waals surface area contributed by atoms with Crippen LogP contribution in [0.3, 0.4) is 0 Å². The van der Waals surface area contributed by atoms with E-state index in [4.69, 9.17) is 9.47 Å². The molecule has 3 rings (SSSR count). The van der Waals surface area contributed by atoms with Crippen molar-refractivity contribution in [2.45, 2.75) is 20.4 Å². The lowest BCUT2D eigenvalue weighted by Crippen LogP contribution is -2.22. The van der Waals surface area contributed by atoms with Crippen LogP contribution < -0.4 is 14.8 Å². The lowest BCUT2D eigenvalue weighted by atomic mass is 10.2. The number of hydrogen-bond acceptors (Lipinski definition) is 6. The lowest BCUT2D eigenvalue weighted by molar-refractivity contribution is 0.0954. The van der Waals surface area contributed by atoms with Crippen molar-refractivity contribution >= 4 is 17.2 Å². The van der Waals surface area contributed by atoms with Gasteiger partial charge in [0.2, 0.25) is 0 Å². The number of rotatable bonds is 7. The Morgan fingerprint density at radius 3 is 2.78 bits per heavy atom. The van der Waals surface area contributed by atoms with Gasteiger partial charge in [0.15, 0.2) is 11.5 Å². The summed E-state index contributed by atoms with van der Waals surface area (Å²) < 4.78 is 10.9. The molecule has 0 saturated carbocycles. The second-order valence-corrected chi connectivity index (χ2v) is 6.75. The van der Waals surface area contributed by atoms with E-state index in [0.717, 1.165) is 16.3 Å². The van der Waals surface area contributed by atoms with Crippen molar-refractivity contribution in [3.05, 3.63) is 58.7 Å². The van der Waals surface area contributed by atoms with Gasteiger partial charge < -0.3 is 14.8 Å². The van der Waals surface area contributed by atoms with Crippen LogP contribution in [0.2, 0.25) is 0 Å². The SMILES string of the molecule is CCOc1ccc(CNC(=O)c2sc(-c3ccccn3)nc2C)cc1OC. The van der Waals surface area contributed by atoms with E-state index in [1.165, 1.54) is 11.3 Å². The molecule has 0 fully saturated rings. The van der Waals surface area contributed by atoms with Gasteiger partial charge in [-0.25, -0.2) is 4.98 Å². The Morgan fingerprint density at radius 2 is 2.07 bits per heavy atom. The van der Waals surface area contributed by atoms with Crippen molar-refractivity contribution in [3.63, 3.8) is 0 Å². The Kier molecular flexibility index (Phi) is 6.03. The van der Waals surface area contributed by atoms with E-state index in [0.29, 0.717) is 35.2 Å². The van der Waals surface area contributed by atoms with Gasteiger partial charge in [-0.1, -0.05) is 12.1 Å². The summed E-state index contributed by atoms with van der Waals surface area (Å²) in [6.45, 7) is 4.70. The van der Waals surface area contributed by atoms with Crippen LogP contribution in [0.25, 0.3) is 10.7 Å². The Balaban J connectivity index is 1.70. The molecule has 0 aliphatic carbocycles. The first kappa shape index (κ1) is 18.8. The van der Waals surface area contributed by atoms with Crippen molar-refractivity contribution in [2.24, 2.45) is 0 Å². The number of aryl methyl sites for hydroxylation is 1. The molecule has 0 aliphatic rings. The fourth-order valence-corrected chi connectivity index (χ4v) is 3.52. The quantitative estimate of drug-likeness (QED) is 0.671. The molecule has 0 spiro atoms. The minimum atomic E-state index is -0.153. The molecule has 6 nitrogen and oxygen atoms in total. The van der Waals surface area contributed by atoms with Gasteiger partial charge in [0.25, 0.3) is 5.91 Å². The number of benzene rings is 1. The summed E-state index contributed by atoms with van der Waals surface area (Å²) in [5, 5.41) is 3.68. The fourth-order valence-electron chi connectivity index (χ4n) is 2.57. The van der Waals surface area contributed by atoms with E-state index in [1.54, 1.807) is 13.3 Å². The zero-order valence-electron chi connectivity index (χ0n) is 15.5. The largest absolute Gasteiger partial charge is 0.493 e. The summed E-state index contributed by atoms with van der Waals surface area (Å²) in [7, 11) is 1.60. The van der Waals surface area contributed by atoms with Gasteiger partial charge >= 0.3 is 0 Å². The van der Waals surface area contributed by atoms with Gasteiger partial charge in [-0.2, -0.15) is 0 Å². The van der Waals surface area contributed by atoms with Gasteiger partial charge in [-0.05, 0) is 43.7 Å². The second-order valence-electron chi connectivity index (χ2n) is 5.75. The third kappa shape index (κ3) is 4.43. The number of carbonyl (C=O) groups excluding carboxylic acids is 1. The van der Waals surface area contributed by atoms with Gasteiger partial charge in [0.1, 0.15) is 9.88 Å². The monoisotopic (exact) mass is 383 g/mol. The Morgan fingerprint density at radius 1 is 1.22 bits per heavy atom. The van der Waals surface area contributed by atoms with Gasteiger partial charge in [-0.3, -0.25) is 9.78 Å². The number of ether oxygens (including phenoxy) is 2. The molecule has 0 radical (unpaired) electrons. The third-order valence-corrected chi connectivity index (χ3v) is 5.05. The highest BCUT2D eigenvalue weighted by Crippen LogP contribution is 2.29. The zero-order valence-corrected chi connectivity index (χ0v) is 16.3. The molecular weight excluding hydrogens is 362 g/mol. The molecule has 1 aromatic carbocycles. The predicted octanol–water partition coefficient (Wildman–Crippen LogP) is 3.85. The molecule has 0 saturated heterocycles. The maximum absolute atomic E-state index is 12.6. The van der Waals surface area contributed by atoms with E-state index < -0.39 is 0 Å². The van der Waals surface area contributed by atoms with Crippen LogP contribution in [0.4, 0.5) is 0 Å². The normalized spacial score (nSPS) is 10.5. The van der Waals surface area contributed by atoms with Crippen LogP contribution in [0.1, 0.15) is 27.9 Å². The first-order chi connectivity index (χ1) is 13.1. The molecular formula is C20H21N3O3S. The summed E-state index contributed by atoms with van der Waals surface area (Å²) in [6.07, 6.45) is 1.71. The van der Waals surface area contributed by atoms with E-state index in [2.05, 4.69) is 15.3 Å². The van der Waals surface area contributed by atoms with Crippen LogP contribution in [-0.4, -0.2) is 29.6 Å². The van der Waals surface area contributed by atoms with E-state index >= 15 is 0 Å². The van der Waals surface area contributed by atoms with Crippen LogP contribution in [0.15, 0.2) is 42.6 Å². The standard InChI is InChI=1S/C20H21N3O3S/c1-4-26-16-9-8-14(11-17(16)25-3)12-22-19(24)18-13(2)23-20(27-18)15-7-5-6-10-21-15/h5-11H,4,12H2,1-3H3,(H,22,24). The van der Waals surface area contributed by atoms with Crippen LogP contribution in [0, 0.1) is 6.92 Å². The second kappa shape index (κ2) is 8.64. The van der Waals surface area contributed by atoms with Crippen molar-refractivity contribution in [1.82, 2.24) is 15.3 Å². The number of carbonyl (C=O) groups is 1. The Hall–Kier alpha value is -2.93. The first-order valence-electron chi connectivity index (χ1n) is 8.59. The minimum absolute atomic E-state index is 0.153. The molecule has 27 heavy (non-hydrogen) atoms. The summed E-state index contributed by atoms with van der Waals surface area (Å²) in [5.74, 6) is 1.18. The van der Waals surface area contributed by atoms with Crippen molar-refractivity contribution in [3.8, 4) is 22.2 Å². The number of nitrogens with zero attached hydrogens (tertiary/aromatic N) is 2. The number of amides is 1. The predicted molar refractivity (Wildman–Crippen MR) is 105 cm³/mol. The van der Waals surface area contributed by atoms with E-state index in [-0.39, 0.29) is 5.91 Å². The van der Waals surface area contributed by atoms with E-state index in [9.17, 15) is 4.79 Å². The summed E-state index contributed by atoms with van der Waals surface area (Å²) in [4.78, 5) is 21.9. The number of nitrogens with one attached hydrogen (secondary N) is 1. The fraction of sp³-hybridized carbons (Fsp3) is 0.250. The van der Waals surface area contributed by atoms with Crippen molar-refractivity contribution < 1.29 is 14.3 Å². The number of thiazole rings is 1. The number of pyridine rings is 1. The highest BCUT2D eigenvalue weighted by atomic mass is 32.1. The highest BCUT2D eigenvalue weighted by Gasteiger charge is 2.16. The lowest BCUT2D eigenvalue weighted by Gasteiger charge is -2.11. The summed E-state index contributed by atoms with van der Waals surface area (Å²) in [5.41, 5.74) is 2.39. The smallest absolute Gasteiger partial charge is 0.263 e. The number of hydrogen-bond donors (Lipinski definition) is 1. The molecule has 7 heteroatoms. The molecule has 1 amide bonds. The molecule has 140 valence electrons. The molecule has 3 aromatic rings. The molecule has 0 bridgehead atoms. The highest BCUT2D eigenvalue weighted by molar-refractivity contribution is 7.17. The van der Waals surface area contributed by atoms with Crippen LogP contribution >= 0.6 is 11.3 Å². The number of aromatic nitrogens is 2. The van der Waals surface area contributed by atoms with Crippen molar-refractivity contribution in [1.29, 1.82) is 0 Å². The third-order valence-electron chi connectivity index (χ3n) is 3.87. The topological polar surface area (TPSA) is 73.3 Å². The Bertz CT molecular complexity index is 925. The first-order valence-corrected chi connectivity index (χ1v) is 9.40. The summed E-state index contributed by atoms with van der Waals surface area (Å²) in [6, 6.07) is 11.3. The average Bonchev–Trinajstić information content (AvgIpc) is 3.09. The average molecular weight is 383 g/mol. The zero-order chi connectivity index (χ0) is 19.2. The van der Waals surface area contributed by atoms with Gasteiger partial charge in [0, 0.05) is 12.7 Å². The maximum Gasteiger partial charge on any atom is 0.263 e. The summed E-state index contributed by atoms with van der Waals surface area (Å²) >= 11 is 1.34. The van der Waals surface area contributed by atoms with Crippen LogP contribution in [0.5, 0.6) is 11.5 Å². The molecule has 0 aliphatic heterocycles. The van der Waals surface area contributed by atoms with Crippen molar-refractivity contribution in [2.75, 3.05) is 13.7 Å². The minimum Gasteiger partial charge on any atom is -0.493 e. The molecule has 2 heterocycles. The maximum atomic E-state index is 12.6. The molecule has 1 N–H and O–H groups in total. The Labute approximate surface area is 162 Å².